The van der Waals surface area contributed by atoms with Crippen molar-refractivity contribution in [3.8, 4) is 0 Å². The summed E-state index contributed by atoms with van der Waals surface area (Å²) in [5.74, 6) is -0.969. The number of nitrogens with zero attached hydrogens (tertiary/aromatic N) is 2. The maximum atomic E-state index is 13.3. The summed E-state index contributed by atoms with van der Waals surface area (Å²) in [6.45, 7) is 5.97. The van der Waals surface area contributed by atoms with Crippen molar-refractivity contribution in [1.82, 2.24) is 4.31 Å². The van der Waals surface area contributed by atoms with E-state index in [9.17, 15) is 22.8 Å². The normalized spacial score (nSPS) is 18.5. The molecule has 2 amide bonds. The molecule has 2 heterocycles. The fourth-order valence-corrected chi connectivity index (χ4v) is 6.42. The average molecular weight is 514 g/mol. The molecule has 2 aliphatic rings. The predicted molar refractivity (Wildman–Crippen MR) is 135 cm³/mol. The second-order valence-corrected chi connectivity index (χ2v) is 11.1. The van der Waals surface area contributed by atoms with Gasteiger partial charge in [-0.1, -0.05) is 0 Å². The first-order valence-corrected chi connectivity index (χ1v) is 13.6. The average Bonchev–Trinajstić information content (AvgIpc) is 3.19. The Bertz CT molecular complexity index is 1270. The molecule has 0 saturated carbocycles. The Kier molecular flexibility index (Phi) is 7.46. The van der Waals surface area contributed by atoms with Gasteiger partial charge in [0, 0.05) is 43.3 Å². The van der Waals surface area contributed by atoms with Crippen molar-refractivity contribution < 1.29 is 27.5 Å². The lowest BCUT2D eigenvalue weighted by Crippen LogP contribution is -2.41. The van der Waals surface area contributed by atoms with E-state index in [0.717, 1.165) is 11.3 Å². The standard InChI is InChI=1S/C26H31N3O6S/c1-4-35-26(32)20-5-7-22(8-6-20)27-25(31)19-11-13-28(14-12-19)36(33,34)23-9-10-24-21(16-23)15-17(2)29(24)18(3)30/h5-10,16-17,19H,4,11-15H2,1-3H3,(H,27,31)/t17-/m0/s1. The number of carbonyl (C=O) groups excluding carboxylic acids is 3. The van der Waals surface area contributed by atoms with Gasteiger partial charge in [0.05, 0.1) is 17.1 Å². The Morgan fingerprint density at radius 2 is 1.72 bits per heavy atom. The van der Waals surface area contributed by atoms with E-state index < -0.39 is 16.0 Å². The molecule has 1 atom stereocenters. The van der Waals surface area contributed by atoms with Gasteiger partial charge in [0.15, 0.2) is 0 Å². The molecule has 2 aromatic rings. The molecule has 4 rings (SSSR count). The van der Waals surface area contributed by atoms with E-state index in [1.165, 1.54) is 11.2 Å². The number of hydrogen-bond acceptors (Lipinski definition) is 6. The number of piperidine rings is 1. The fraction of sp³-hybridized carbons (Fsp3) is 0.423. The second kappa shape index (κ2) is 10.4. The van der Waals surface area contributed by atoms with Crippen LogP contribution in [0.4, 0.5) is 11.4 Å². The molecule has 1 N–H and O–H groups in total. The molecule has 0 spiro atoms. The predicted octanol–water partition coefficient (Wildman–Crippen LogP) is 3.20. The first kappa shape index (κ1) is 25.8. The van der Waals surface area contributed by atoms with Crippen LogP contribution in [0.1, 0.15) is 49.5 Å². The Morgan fingerprint density at radius 3 is 2.33 bits per heavy atom. The molecule has 36 heavy (non-hydrogen) atoms. The summed E-state index contributed by atoms with van der Waals surface area (Å²) in [6.07, 6.45) is 1.43. The number of benzene rings is 2. The van der Waals surface area contributed by atoms with Crippen LogP contribution < -0.4 is 10.2 Å². The maximum absolute atomic E-state index is 13.3. The molecule has 2 aromatic carbocycles. The lowest BCUT2D eigenvalue weighted by molar-refractivity contribution is -0.121. The smallest absolute Gasteiger partial charge is 0.338 e. The van der Waals surface area contributed by atoms with Gasteiger partial charge in [-0.15, -0.1) is 0 Å². The Balaban J connectivity index is 1.37. The highest BCUT2D eigenvalue weighted by molar-refractivity contribution is 7.89. The van der Waals surface area contributed by atoms with Gasteiger partial charge in [-0.2, -0.15) is 4.31 Å². The number of anilines is 2. The first-order chi connectivity index (χ1) is 17.1. The number of ether oxygens (including phenoxy) is 1. The Labute approximate surface area is 211 Å². The molecule has 10 heteroatoms. The topological polar surface area (TPSA) is 113 Å². The van der Waals surface area contributed by atoms with Crippen molar-refractivity contribution in [3.05, 3.63) is 53.6 Å². The van der Waals surface area contributed by atoms with Gasteiger partial charge < -0.3 is 15.0 Å². The van der Waals surface area contributed by atoms with Crippen LogP contribution in [0.15, 0.2) is 47.4 Å². The quantitative estimate of drug-likeness (QED) is 0.594. The van der Waals surface area contributed by atoms with Gasteiger partial charge in [-0.05, 0) is 81.1 Å². The third-order valence-corrected chi connectivity index (χ3v) is 8.63. The lowest BCUT2D eigenvalue weighted by Gasteiger charge is -2.30. The molecule has 2 aliphatic heterocycles. The zero-order chi connectivity index (χ0) is 26.0. The highest BCUT2D eigenvalue weighted by Crippen LogP contribution is 2.35. The van der Waals surface area contributed by atoms with Crippen LogP contribution in [0.2, 0.25) is 0 Å². The molecule has 1 saturated heterocycles. The number of carbonyl (C=O) groups is 3. The van der Waals surface area contributed by atoms with Crippen LogP contribution in [-0.2, 0) is 30.8 Å². The van der Waals surface area contributed by atoms with E-state index in [1.54, 1.807) is 54.3 Å². The molecule has 9 nitrogen and oxygen atoms in total. The van der Waals surface area contributed by atoms with E-state index in [1.807, 2.05) is 6.92 Å². The number of hydrogen-bond donors (Lipinski definition) is 1. The summed E-state index contributed by atoms with van der Waals surface area (Å²) in [4.78, 5) is 38.4. The summed E-state index contributed by atoms with van der Waals surface area (Å²) in [6, 6.07) is 11.4. The van der Waals surface area contributed by atoms with Gasteiger partial charge in [-0.25, -0.2) is 13.2 Å². The number of esters is 1. The van der Waals surface area contributed by atoms with E-state index >= 15 is 0 Å². The Morgan fingerprint density at radius 1 is 1.06 bits per heavy atom. The third kappa shape index (κ3) is 5.15. The zero-order valence-electron chi connectivity index (χ0n) is 20.7. The van der Waals surface area contributed by atoms with E-state index in [0.29, 0.717) is 30.5 Å². The van der Waals surface area contributed by atoms with Crippen LogP contribution >= 0.6 is 0 Å². The molecule has 0 aromatic heterocycles. The molecular weight excluding hydrogens is 482 g/mol. The summed E-state index contributed by atoms with van der Waals surface area (Å²) in [5, 5.41) is 2.85. The van der Waals surface area contributed by atoms with Gasteiger partial charge in [0.2, 0.25) is 21.8 Å². The zero-order valence-corrected chi connectivity index (χ0v) is 21.5. The SMILES string of the molecule is CCOC(=O)c1ccc(NC(=O)C2CCN(S(=O)(=O)c3ccc4c(c3)C[C@H](C)N4C(C)=O)CC2)cc1. The highest BCUT2D eigenvalue weighted by Gasteiger charge is 2.34. The molecule has 0 radical (unpaired) electrons. The minimum atomic E-state index is -3.71. The van der Waals surface area contributed by atoms with Crippen LogP contribution in [-0.4, -0.2) is 56.2 Å². The number of rotatable bonds is 6. The number of fused-ring (bicyclic) bond motifs is 1. The van der Waals surface area contributed by atoms with E-state index in [2.05, 4.69) is 5.32 Å². The van der Waals surface area contributed by atoms with Crippen molar-refractivity contribution in [2.24, 2.45) is 5.92 Å². The van der Waals surface area contributed by atoms with Gasteiger partial charge in [0.25, 0.3) is 0 Å². The summed E-state index contributed by atoms with van der Waals surface area (Å²) in [5.41, 5.74) is 2.58. The minimum Gasteiger partial charge on any atom is -0.462 e. The van der Waals surface area contributed by atoms with Gasteiger partial charge in [-0.3, -0.25) is 9.59 Å². The number of sulfonamides is 1. The van der Waals surface area contributed by atoms with Crippen LogP contribution in [0, 0.1) is 5.92 Å². The van der Waals surface area contributed by atoms with Gasteiger partial charge >= 0.3 is 5.97 Å². The van der Waals surface area contributed by atoms with Crippen molar-refractivity contribution in [1.29, 1.82) is 0 Å². The molecule has 0 aliphatic carbocycles. The first-order valence-electron chi connectivity index (χ1n) is 12.1. The molecule has 192 valence electrons. The van der Waals surface area contributed by atoms with Crippen molar-refractivity contribution in [2.75, 3.05) is 29.9 Å². The maximum Gasteiger partial charge on any atom is 0.338 e. The van der Waals surface area contributed by atoms with Crippen LogP contribution in [0.3, 0.4) is 0 Å². The van der Waals surface area contributed by atoms with Crippen LogP contribution in [0.5, 0.6) is 0 Å². The number of nitrogens with one attached hydrogen (secondary N) is 1. The van der Waals surface area contributed by atoms with Crippen molar-refractivity contribution >= 4 is 39.2 Å². The fourth-order valence-electron chi connectivity index (χ4n) is 4.90. The van der Waals surface area contributed by atoms with Crippen LogP contribution in [0.25, 0.3) is 0 Å². The largest absolute Gasteiger partial charge is 0.462 e. The summed E-state index contributed by atoms with van der Waals surface area (Å²) in [7, 11) is -3.71. The molecule has 0 bridgehead atoms. The highest BCUT2D eigenvalue weighted by atomic mass is 32.2. The monoisotopic (exact) mass is 513 g/mol. The molecule has 1 fully saturated rings. The second-order valence-electron chi connectivity index (χ2n) is 9.20. The van der Waals surface area contributed by atoms with Gasteiger partial charge in [0.1, 0.15) is 0 Å². The summed E-state index contributed by atoms with van der Waals surface area (Å²) >= 11 is 0. The summed E-state index contributed by atoms with van der Waals surface area (Å²) < 4.78 is 33.0. The van der Waals surface area contributed by atoms with E-state index in [4.69, 9.17) is 4.74 Å². The third-order valence-electron chi connectivity index (χ3n) is 6.73. The number of amides is 2. The molecule has 0 unspecified atom stereocenters. The minimum absolute atomic E-state index is 0.00826. The van der Waals surface area contributed by atoms with E-state index in [-0.39, 0.29) is 48.4 Å². The Hall–Kier alpha value is -3.24. The van der Waals surface area contributed by atoms with Crippen molar-refractivity contribution in [3.63, 3.8) is 0 Å². The molecular formula is C26H31N3O6S. The van der Waals surface area contributed by atoms with Crippen molar-refractivity contribution in [2.45, 2.75) is 51.0 Å². The lowest BCUT2D eigenvalue weighted by atomic mass is 9.97.